The Bertz CT molecular complexity index is 935. The summed E-state index contributed by atoms with van der Waals surface area (Å²) in [6, 6.07) is 4.99. The highest BCUT2D eigenvalue weighted by atomic mass is 35.5. The first kappa shape index (κ1) is 22.1. The Hall–Kier alpha value is -2.55. The summed E-state index contributed by atoms with van der Waals surface area (Å²) in [4.78, 5) is 14.7. The molecule has 30 heavy (non-hydrogen) atoms. The second-order valence-electron chi connectivity index (χ2n) is 6.86. The molecule has 0 aliphatic carbocycles. The Labute approximate surface area is 175 Å². The predicted octanol–water partition coefficient (Wildman–Crippen LogP) is 5.10. The topological polar surface area (TPSA) is 35.6 Å². The normalized spacial score (nSPS) is 14.2. The summed E-state index contributed by atoms with van der Waals surface area (Å²) in [6.45, 7) is 2.45. The molecule has 10 heteroatoms. The van der Waals surface area contributed by atoms with Crippen molar-refractivity contribution in [1.82, 2.24) is 0 Å². The van der Waals surface area contributed by atoms with Crippen LogP contribution in [-0.2, 0) is 4.79 Å². The monoisotopic (exact) mass is 447 g/mol. The average Bonchev–Trinajstić information content (AvgIpc) is 2.72. The largest absolute Gasteiger partial charge is 0.367 e. The van der Waals surface area contributed by atoms with Crippen LogP contribution in [0.5, 0.6) is 0 Å². The lowest BCUT2D eigenvalue weighted by molar-refractivity contribution is -0.116. The molecule has 0 radical (unpaired) electrons. The van der Waals surface area contributed by atoms with Crippen molar-refractivity contribution in [3.63, 3.8) is 0 Å². The molecule has 2 aromatic carbocycles. The number of hydrogen-bond donors (Lipinski definition) is 1. The summed E-state index contributed by atoms with van der Waals surface area (Å²) in [6.07, 6.45) is 1.10. The van der Waals surface area contributed by atoms with Gasteiger partial charge in [0.2, 0.25) is 11.7 Å². The number of rotatable bonds is 5. The van der Waals surface area contributed by atoms with Crippen LogP contribution in [0, 0.1) is 29.1 Å². The maximum absolute atomic E-state index is 14.0. The number of carbonyl (C=O) groups is 1. The van der Waals surface area contributed by atoms with Gasteiger partial charge in [0.05, 0.1) is 10.7 Å². The second-order valence-corrected chi connectivity index (χ2v) is 7.26. The Morgan fingerprint density at radius 3 is 2.00 bits per heavy atom. The zero-order valence-corrected chi connectivity index (χ0v) is 16.8. The van der Waals surface area contributed by atoms with Crippen LogP contribution in [0.1, 0.15) is 19.8 Å². The van der Waals surface area contributed by atoms with E-state index in [9.17, 15) is 26.7 Å². The van der Waals surface area contributed by atoms with Crippen LogP contribution in [0.2, 0.25) is 5.02 Å². The SMILES string of the molecule is CCCC(=O)Nc1ccc(N2CCN(c3c(F)c(F)c(F)c(F)c3F)CC2)c(Cl)c1. The Kier molecular flexibility index (Phi) is 6.70. The lowest BCUT2D eigenvalue weighted by Gasteiger charge is -2.38. The van der Waals surface area contributed by atoms with E-state index in [4.69, 9.17) is 11.6 Å². The van der Waals surface area contributed by atoms with Gasteiger partial charge in [0, 0.05) is 38.3 Å². The number of nitrogens with zero attached hydrogens (tertiary/aromatic N) is 2. The van der Waals surface area contributed by atoms with Crippen LogP contribution in [0.25, 0.3) is 0 Å². The molecule has 0 saturated carbocycles. The smallest absolute Gasteiger partial charge is 0.224 e. The maximum Gasteiger partial charge on any atom is 0.224 e. The van der Waals surface area contributed by atoms with Crippen LogP contribution in [0.3, 0.4) is 0 Å². The van der Waals surface area contributed by atoms with Crippen LogP contribution < -0.4 is 15.1 Å². The van der Waals surface area contributed by atoms with E-state index in [1.54, 1.807) is 18.2 Å². The maximum atomic E-state index is 14.0. The summed E-state index contributed by atoms with van der Waals surface area (Å²) < 4.78 is 68.3. The number of amides is 1. The Balaban J connectivity index is 1.73. The van der Waals surface area contributed by atoms with Crippen molar-refractivity contribution in [2.45, 2.75) is 19.8 Å². The zero-order valence-electron chi connectivity index (χ0n) is 16.0. The van der Waals surface area contributed by atoms with Crippen LogP contribution in [0.15, 0.2) is 18.2 Å². The van der Waals surface area contributed by atoms with E-state index in [1.807, 2.05) is 11.8 Å². The molecule has 1 fully saturated rings. The van der Waals surface area contributed by atoms with E-state index < -0.39 is 34.8 Å². The fraction of sp³-hybridized carbons (Fsp3) is 0.350. The van der Waals surface area contributed by atoms with E-state index in [2.05, 4.69) is 5.32 Å². The fourth-order valence-electron chi connectivity index (χ4n) is 3.33. The molecule has 0 atom stereocenters. The molecular formula is C20H19ClF5N3O. The van der Waals surface area contributed by atoms with Crippen molar-refractivity contribution < 1.29 is 26.7 Å². The van der Waals surface area contributed by atoms with Gasteiger partial charge >= 0.3 is 0 Å². The first-order valence-electron chi connectivity index (χ1n) is 9.35. The number of halogens is 6. The molecule has 4 nitrogen and oxygen atoms in total. The van der Waals surface area contributed by atoms with Gasteiger partial charge in [-0.3, -0.25) is 4.79 Å². The minimum atomic E-state index is -2.18. The molecule has 1 N–H and O–H groups in total. The highest BCUT2D eigenvalue weighted by molar-refractivity contribution is 6.33. The molecule has 3 rings (SSSR count). The molecule has 0 aromatic heterocycles. The van der Waals surface area contributed by atoms with Gasteiger partial charge in [-0.25, -0.2) is 22.0 Å². The molecule has 1 saturated heterocycles. The van der Waals surface area contributed by atoms with E-state index >= 15 is 0 Å². The van der Waals surface area contributed by atoms with E-state index in [0.29, 0.717) is 29.2 Å². The molecular weight excluding hydrogens is 429 g/mol. The summed E-state index contributed by atoms with van der Waals surface area (Å²) in [7, 11) is 0. The van der Waals surface area contributed by atoms with Crippen LogP contribution in [-0.4, -0.2) is 32.1 Å². The van der Waals surface area contributed by atoms with E-state index in [1.165, 1.54) is 0 Å². The molecule has 162 valence electrons. The Morgan fingerprint density at radius 2 is 1.47 bits per heavy atom. The second kappa shape index (κ2) is 9.07. The number of anilines is 3. The van der Waals surface area contributed by atoms with Gasteiger partial charge in [0.15, 0.2) is 23.3 Å². The number of carbonyl (C=O) groups excluding carboxylic acids is 1. The lowest BCUT2D eigenvalue weighted by Crippen LogP contribution is -2.47. The van der Waals surface area contributed by atoms with Crippen molar-refractivity contribution >= 4 is 34.6 Å². The molecule has 1 aliphatic heterocycles. The fourth-order valence-corrected chi connectivity index (χ4v) is 3.63. The van der Waals surface area contributed by atoms with Crippen molar-refractivity contribution in [3.05, 3.63) is 52.3 Å². The van der Waals surface area contributed by atoms with E-state index in [-0.39, 0.29) is 32.1 Å². The average molecular weight is 448 g/mol. The minimum absolute atomic E-state index is 0.0314. The van der Waals surface area contributed by atoms with Gasteiger partial charge in [0.25, 0.3) is 0 Å². The van der Waals surface area contributed by atoms with Crippen molar-refractivity contribution in [3.8, 4) is 0 Å². The molecule has 0 unspecified atom stereocenters. The first-order valence-corrected chi connectivity index (χ1v) is 9.73. The number of hydrogen-bond acceptors (Lipinski definition) is 3. The van der Waals surface area contributed by atoms with Crippen molar-refractivity contribution in [2.24, 2.45) is 0 Å². The summed E-state index contributed by atoms with van der Waals surface area (Å²) in [5, 5.41) is 3.10. The Morgan fingerprint density at radius 1 is 0.933 bits per heavy atom. The highest BCUT2D eigenvalue weighted by Gasteiger charge is 2.31. The molecule has 1 aliphatic rings. The molecule has 2 aromatic rings. The summed E-state index contributed by atoms with van der Waals surface area (Å²) in [5.74, 6) is -9.91. The van der Waals surface area contributed by atoms with E-state index in [0.717, 1.165) is 4.90 Å². The summed E-state index contributed by atoms with van der Waals surface area (Å²) in [5.41, 5.74) is 0.260. The highest BCUT2D eigenvalue weighted by Crippen LogP contribution is 2.33. The van der Waals surface area contributed by atoms with Gasteiger partial charge in [0.1, 0.15) is 5.69 Å². The standard InChI is InChI=1S/C20H19ClF5N3O/c1-2-3-14(30)27-11-4-5-13(12(21)10-11)28-6-8-29(9-7-28)20-18(25)16(23)15(22)17(24)19(20)26/h4-5,10H,2-3,6-9H2,1H3,(H,27,30). The quantitative estimate of drug-likeness (QED) is 0.393. The molecule has 0 bridgehead atoms. The third-order valence-electron chi connectivity index (χ3n) is 4.83. The zero-order chi connectivity index (χ0) is 22.0. The number of benzene rings is 2. The third kappa shape index (κ3) is 4.30. The van der Waals surface area contributed by atoms with Gasteiger partial charge in [-0.1, -0.05) is 18.5 Å². The third-order valence-corrected chi connectivity index (χ3v) is 5.13. The molecule has 0 spiro atoms. The van der Waals surface area contributed by atoms with Crippen molar-refractivity contribution in [1.29, 1.82) is 0 Å². The number of nitrogens with one attached hydrogen (secondary N) is 1. The lowest BCUT2D eigenvalue weighted by atomic mass is 10.2. The molecule has 1 heterocycles. The van der Waals surface area contributed by atoms with Gasteiger partial charge in [-0.15, -0.1) is 0 Å². The van der Waals surface area contributed by atoms with Gasteiger partial charge in [-0.2, -0.15) is 0 Å². The number of piperazine rings is 1. The van der Waals surface area contributed by atoms with Gasteiger partial charge in [-0.05, 0) is 24.6 Å². The first-order chi connectivity index (χ1) is 14.2. The molecule has 1 amide bonds. The van der Waals surface area contributed by atoms with Gasteiger partial charge < -0.3 is 15.1 Å². The summed E-state index contributed by atoms with van der Waals surface area (Å²) >= 11 is 6.32. The predicted molar refractivity (Wildman–Crippen MR) is 106 cm³/mol. The van der Waals surface area contributed by atoms with Crippen LogP contribution >= 0.6 is 11.6 Å². The van der Waals surface area contributed by atoms with Crippen LogP contribution in [0.4, 0.5) is 39.0 Å². The van der Waals surface area contributed by atoms with Crippen molar-refractivity contribution in [2.75, 3.05) is 41.3 Å². The minimum Gasteiger partial charge on any atom is -0.367 e.